The van der Waals surface area contributed by atoms with Gasteiger partial charge in [-0.2, -0.15) is 0 Å². The van der Waals surface area contributed by atoms with Crippen molar-refractivity contribution in [2.24, 2.45) is 0 Å². The Hall–Kier alpha value is -1.24. The van der Waals surface area contributed by atoms with Crippen LogP contribution in [-0.2, 0) is 16.6 Å². The largest absolute Gasteiger partial charge is 0.240 e. The average molecular weight is 344 g/mol. The molecular formula is C13H11BrFNO2S. The summed E-state index contributed by atoms with van der Waals surface area (Å²) >= 11 is 3.22. The van der Waals surface area contributed by atoms with Crippen LogP contribution in [0.1, 0.15) is 5.56 Å². The Morgan fingerprint density at radius 1 is 1.11 bits per heavy atom. The molecule has 0 aliphatic rings. The Labute approximate surface area is 119 Å². The van der Waals surface area contributed by atoms with Gasteiger partial charge in [0.05, 0.1) is 4.90 Å². The van der Waals surface area contributed by atoms with Gasteiger partial charge in [-0.15, -0.1) is 0 Å². The van der Waals surface area contributed by atoms with E-state index in [1.165, 1.54) is 18.2 Å². The lowest BCUT2D eigenvalue weighted by molar-refractivity contribution is 0.574. The second kappa shape index (κ2) is 5.81. The minimum absolute atomic E-state index is 0.0947. The summed E-state index contributed by atoms with van der Waals surface area (Å²) in [5.41, 5.74) is 0.286. The number of nitrogens with one attached hydrogen (secondary N) is 1. The Bertz CT molecular complexity index is 674. The summed E-state index contributed by atoms with van der Waals surface area (Å²) in [6.45, 7) is -0.0947. The van der Waals surface area contributed by atoms with Gasteiger partial charge in [0.1, 0.15) is 5.82 Å². The first-order valence-corrected chi connectivity index (χ1v) is 7.75. The molecule has 2 aromatic carbocycles. The molecule has 0 fully saturated rings. The van der Waals surface area contributed by atoms with Crippen molar-refractivity contribution >= 4 is 26.0 Å². The van der Waals surface area contributed by atoms with Crippen molar-refractivity contribution in [3.63, 3.8) is 0 Å². The molecule has 19 heavy (non-hydrogen) atoms. The summed E-state index contributed by atoms with van der Waals surface area (Å²) in [4.78, 5) is 0.158. The van der Waals surface area contributed by atoms with E-state index in [4.69, 9.17) is 0 Å². The zero-order valence-electron chi connectivity index (χ0n) is 9.81. The maximum Gasteiger partial charge on any atom is 0.240 e. The van der Waals surface area contributed by atoms with E-state index >= 15 is 0 Å². The first kappa shape index (κ1) is 14.2. The van der Waals surface area contributed by atoms with E-state index in [1.54, 1.807) is 30.3 Å². The van der Waals surface area contributed by atoms with Gasteiger partial charge in [-0.3, -0.25) is 0 Å². The van der Waals surface area contributed by atoms with Gasteiger partial charge >= 0.3 is 0 Å². The van der Waals surface area contributed by atoms with E-state index in [-0.39, 0.29) is 17.0 Å². The van der Waals surface area contributed by atoms with Crippen LogP contribution in [-0.4, -0.2) is 8.42 Å². The first-order valence-electron chi connectivity index (χ1n) is 5.48. The third-order valence-electron chi connectivity index (χ3n) is 2.51. The van der Waals surface area contributed by atoms with Gasteiger partial charge < -0.3 is 0 Å². The lowest BCUT2D eigenvalue weighted by Crippen LogP contribution is -2.23. The summed E-state index contributed by atoms with van der Waals surface area (Å²) < 4.78 is 40.5. The molecule has 2 aromatic rings. The van der Waals surface area contributed by atoms with Gasteiger partial charge in [-0.05, 0) is 30.3 Å². The van der Waals surface area contributed by atoms with Crippen molar-refractivity contribution in [2.75, 3.05) is 0 Å². The summed E-state index contributed by atoms with van der Waals surface area (Å²) in [5, 5.41) is 0. The normalized spacial score (nSPS) is 11.5. The van der Waals surface area contributed by atoms with Crippen molar-refractivity contribution in [3.8, 4) is 0 Å². The zero-order valence-corrected chi connectivity index (χ0v) is 12.2. The third kappa shape index (κ3) is 3.62. The molecular weight excluding hydrogens is 333 g/mol. The highest BCUT2D eigenvalue weighted by atomic mass is 79.9. The molecule has 0 atom stereocenters. The fourth-order valence-corrected chi connectivity index (χ4v) is 2.97. The Morgan fingerprint density at radius 2 is 1.79 bits per heavy atom. The van der Waals surface area contributed by atoms with Crippen molar-refractivity contribution in [1.29, 1.82) is 0 Å². The fraction of sp³-hybridized carbons (Fsp3) is 0.0769. The molecule has 0 aliphatic heterocycles. The van der Waals surface area contributed by atoms with Crippen LogP contribution in [0, 0.1) is 5.82 Å². The maximum atomic E-state index is 13.5. The summed E-state index contributed by atoms with van der Waals surface area (Å²) in [7, 11) is -3.62. The van der Waals surface area contributed by atoms with Crippen LogP contribution in [0.3, 0.4) is 0 Å². The molecule has 0 aromatic heterocycles. The van der Waals surface area contributed by atoms with Crippen LogP contribution >= 0.6 is 15.9 Å². The van der Waals surface area contributed by atoms with Gasteiger partial charge in [-0.25, -0.2) is 17.5 Å². The summed E-state index contributed by atoms with van der Waals surface area (Å²) in [5.74, 6) is -0.445. The smallest absolute Gasteiger partial charge is 0.207 e. The van der Waals surface area contributed by atoms with E-state index in [0.29, 0.717) is 4.47 Å². The van der Waals surface area contributed by atoms with Crippen LogP contribution < -0.4 is 4.72 Å². The van der Waals surface area contributed by atoms with Crippen LogP contribution in [0.25, 0.3) is 0 Å². The molecule has 0 saturated heterocycles. The van der Waals surface area contributed by atoms with Crippen molar-refractivity contribution in [2.45, 2.75) is 11.4 Å². The van der Waals surface area contributed by atoms with Crippen molar-refractivity contribution < 1.29 is 12.8 Å². The molecule has 0 saturated carbocycles. The lowest BCUT2D eigenvalue weighted by atomic mass is 10.2. The quantitative estimate of drug-likeness (QED) is 0.927. The summed E-state index contributed by atoms with van der Waals surface area (Å²) in [6, 6.07) is 12.4. The molecule has 0 radical (unpaired) electrons. The molecule has 100 valence electrons. The van der Waals surface area contributed by atoms with E-state index in [9.17, 15) is 12.8 Å². The number of hydrogen-bond donors (Lipinski definition) is 1. The van der Waals surface area contributed by atoms with Gasteiger partial charge in [0.15, 0.2) is 0 Å². The second-order valence-electron chi connectivity index (χ2n) is 3.87. The van der Waals surface area contributed by atoms with E-state index in [2.05, 4.69) is 20.7 Å². The molecule has 0 bridgehead atoms. The number of halogens is 2. The van der Waals surface area contributed by atoms with Gasteiger partial charge in [-0.1, -0.05) is 34.1 Å². The SMILES string of the molecule is O=S(=O)(NCc1cc(Br)ccc1F)c1ccccc1. The topological polar surface area (TPSA) is 46.2 Å². The molecule has 0 heterocycles. The lowest BCUT2D eigenvalue weighted by Gasteiger charge is -2.08. The standard InChI is InChI=1S/C13H11BrFNO2S/c14-11-6-7-13(15)10(8-11)9-16-19(17,18)12-4-2-1-3-5-12/h1-8,16H,9H2. The van der Waals surface area contributed by atoms with Gasteiger partial charge in [0.2, 0.25) is 10.0 Å². The van der Waals surface area contributed by atoms with Crippen molar-refractivity contribution in [1.82, 2.24) is 4.72 Å². The highest BCUT2D eigenvalue weighted by Gasteiger charge is 2.14. The number of rotatable bonds is 4. The molecule has 1 N–H and O–H groups in total. The zero-order chi connectivity index (χ0) is 13.9. The molecule has 0 spiro atoms. The number of benzene rings is 2. The summed E-state index contributed by atoms with van der Waals surface area (Å²) in [6.07, 6.45) is 0. The van der Waals surface area contributed by atoms with E-state index < -0.39 is 15.8 Å². The molecule has 0 unspecified atom stereocenters. The molecule has 6 heteroatoms. The maximum absolute atomic E-state index is 13.5. The van der Waals surface area contributed by atoms with E-state index in [1.807, 2.05) is 0 Å². The van der Waals surface area contributed by atoms with Crippen LogP contribution in [0.5, 0.6) is 0 Å². The molecule has 0 aliphatic carbocycles. The fourth-order valence-electron chi connectivity index (χ4n) is 1.53. The van der Waals surface area contributed by atoms with Crippen molar-refractivity contribution in [3.05, 3.63) is 64.4 Å². The third-order valence-corrected chi connectivity index (χ3v) is 4.42. The predicted molar refractivity (Wildman–Crippen MR) is 74.6 cm³/mol. The predicted octanol–water partition coefficient (Wildman–Crippen LogP) is 3.07. The highest BCUT2D eigenvalue weighted by molar-refractivity contribution is 9.10. The van der Waals surface area contributed by atoms with Crippen LogP contribution in [0.15, 0.2) is 57.9 Å². The average Bonchev–Trinajstić information content (AvgIpc) is 2.41. The number of hydrogen-bond acceptors (Lipinski definition) is 2. The Kier molecular flexibility index (Phi) is 4.34. The molecule has 0 amide bonds. The minimum Gasteiger partial charge on any atom is -0.207 e. The first-order chi connectivity index (χ1) is 8.99. The monoisotopic (exact) mass is 343 g/mol. The Balaban J connectivity index is 2.17. The minimum atomic E-state index is -3.62. The van der Waals surface area contributed by atoms with Gasteiger partial charge in [0.25, 0.3) is 0 Å². The van der Waals surface area contributed by atoms with Crippen LogP contribution in [0.4, 0.5) is 4.39 Å². The highest BCUT2D eigenvalue weighted by Crippen LogP contribution is 2.16. The Morgan fingerprint density at radius 3 is 2.47 bits per heavy atom. The number of sulfonamides is 1. The van der Waals surface area contributed by atoms with Gasteiger partial charge in [0, 0.05) is 16.6 Å². The molecule has 2 rings (SSSR count). The second-order valence-corrected chi connectivity index (χ2v) is 6.56. The molecule has 3 nitrogen and oxygen atoms in total. The van der Waals surface area contributed by atoms with E-state index in [0.717, 1.165) is 0 Å². The van der Waals surface area contributed by atoms with Crippen LogP contribution in [0.2, 0.25) is 0 Å².